The van der Waals surface area contributed by atoms with E-state index < -0.39 is 0 Å². The van der Waals surface area contributed by atoms with Crippen LogP contribution in [0.25, 0.3) is 0 Å². The topological polar surface area (TPSA) is 35.2 Å². The van der Waals surface area contributed by atoms with Crippen LogP contribution in [0.1, 0.15) is 41.5 Å². The maximum atomic E-state index is 6.28. The van der Waals surface area contributed by atoms with Crippen molar-refractivity contribution in [2.75, 3.05) is 6.61 Å². The number of ether oxygens (including phenoxy) is 1. The first-order chi connectivity index (χ1) is 8.56. The second-order valence-electron chi connectivity index (χ2n) is 5.71. The molecule has 2 atom stereocenters. The van der Waals surface area contributed by atoms with Crippen LogP contribution in [-0.4, -0.2) is 18.8 Å². The molecule has 1 heterocycles. The highest BCUT2D eigenvalue weighted by Crippen LogP contribution is 2.21. The average molecular weight is 247 g/mol. The molecule has 1 aliphatic rings. The molecule has 18 heavy (non-hydrogen) atoms. The van der Waals surface area contributed by atoms with Crippen LogP contribution in [0, 0.1) is 20.8 Å². The highest BCUT2D eigenvalue weighted by atomic mass is 16.5. The molecule has 2 heteroatoms. The molecule has 2 unspecified atom stereocenters. The van der Waals surface area contributed by atoms with Gasteiger partial charge in [0.25, 0.3) is 0 Å². The van der Waals surface area contributed by atoms with Gasteiger partial charge in [0.05, 0.1) is 6.10 Å². The molecule has 2 N–H and O–H groups in total. The predicted octanol–water partition coefficient (Wildman–Crippen LogP) is 3.05. The van der Waals surface area contributed by atoms with E-state index in [1.165, 1.54) is 35.1 Å². The summed E-state index contributed by atoms with van der Waals surface area (Å²) in [6.07, 6.45) is 4.73. The van der Waals surface area contributed by atoms with Crippen molar-refractivity contribution in [3.63, 3.8) is 0 Å². The van der Waals surface area contributed by atoms with E-state index in [1.54, 1.807) is 0 Å². The van der Waals surface area contributed by atoms with E-state index >= 15 is 0 Å². The molecule has 100 valence electrons. The van der Waals surface area contributed by atoms with Crippen molar-refractivity contribution in [3.8, 4) is 0 Å². The normalized spacial score (nSPS) is 21.2. The lowest BCUT2D eigenvalue weighted by atomic mass is 9.92. The Morgan fingerprint density at radius 1 is 1.28 bits per heavy atom. The molecule has 2 nitrogen and oxygen atoms in total. The van der Waals surface area contributed by atoms with Gasteiger partial charge in [-0.25, -0.2) is 0 Å². The zero-order valence-electron chi connectivity index (χ0n) is 11.8. The number of hydrogen-bond donors (Lipinski definition) is 1. The lowest BCUT2D eigenvalue weighted by molar-refractivity contribution is 0.0983. The van der Waals surface area contributed by atoms with Gasteiger partial charge in [-0.15, -0.1) is 0 Å². The van der Waals surface area contributed by atoms with Crippen LogP contribution in [0.15, 0.2) is 12.1 Å². The minimum Gasteiger partial charge on any atom is -0.378 e. The minimum absolute atomic E-state index is 0.216. The van der Waals surface area contributed by atoms with E-state index in [4.69, 9.17) is 10.5 Å². The third kappa shape index (κ3) is 3.33. The fourth-order valence-electron chi connectivity index (χ4n) is 3.05. The second-order valence-corrected chi connectivity index (χ2v) is 5.71. The average Bonchev–Trinajstić information content (AvgIpc) is 2.76. The van der Waals surface area contributed by atoms with E-state index in [0.717, 1.165) is 19.4 Å². The Bertz CT molecular complexity index is 385. The summed E-state index contributed by atoms with van der Waals surface area (Å²) in [7, 11) is 0. The zero-order valence-corrected chi connectivity index (χ0v) is 11.8. The third-order valence-electron chi connectivity index (χ3n) is 3.90. The van der Waals surface area contributed by atoms with Gasteiger partial charge in [0, 0.05) is 12.6 Å². The number of hydrogen-bond acceptors (Lipinski definition) is 2. The van der Waals surface area contributed by atoms with Crippen LogP contribution in [-0.2, 0) is 11.2 Å². The van der Waals surface area contributed by atoms with E-state index in [0.29, 0.717) is 6.10 Å². The monoisotopic (exact) mass is 247 g/mol. The fraction of sp³-hybridized carbons (Fsp3) is 0.625. The van der Waals surface area contributed by atoms with Crippen LogP contribution < -0.4 is 5.73 Å². The maximum Gasteiger partial charge on any atom is 0.0590 e. The van der Waals surface area contributed by atoms with E-state index in [-0.39, 0.29) is 6.04 Å². The molecule has 1 aliphatic heterocycles. The largest absolute Gasteiger partial charge is 0.378 e. The van der Waals surface area contributed by atoms with Crippen molar-refractivity contribution >= 4 is 0 Å². The van der Waals surface area contributed by atoms with Gasteiger partial charge in [-0.2, -0.15) is 0 Å². The van der Waals surface area contributed by atoms with Gasteiger partial charge in [0.1, 0.15) is 0 Å². The van der Waals surface area contributed by atoms with Gasteiger partial charge >= 0.3 is 0 Å². The number of benzene rings is 1. The molecule has 1 aromatic carbocycles. The molecule has 0 bridgehead atoms. The minimum atomic E-state index is 0.216. The van der Waals surface area contributed by atoms with Gasteiger partial charge in [0.15, 0.2) is 0 Å². The lowest BCUT2D eigenvalue weighted by Crippen LogP contribution is -2.28. The van der Waals surface area contributed by atoms with Crippen molar-refractivity contribution in [1.29, 1.82) is 0 Å². The zero-order chi connectivity index (χ0) is 13.1. The molecular formula is C16H25NO. The number of aryl methyl sites for hydroxylation is 3. The molecule has 1 fully saturated rings. The van der Waals surface area contributed by atoms with Gasteiger partial charge < -0.3 is 10.5 Å². The summed E-state index contributed by atoms with van der Waals surface area (Å²) in [5.74, 6) is 0. The Morgan fingerprint density at radius 2 is 1.94 bits per heavy atom. The highest BCUT2D eigenvalue weighted by molar-refractivity contribution is 5.37. The first kappa shape index (κ1) is 13.6. The summed E-state index contributed by atoms with van der Waals surface area (Å²) >= 11 is 0. The van der Waals surface area contributed by atoms with Crippen LogP contribution in [0.4, 0.5) is 0 Å². The molecule has 2 rings (SSSR count). The molecular weight excluding hydrogens is 222 g/mol. The van der Waals surface area contributed by atoms with Gasteiger partial charge in [-0.1, -0.05) is 17.7 Å². The Balaban J connectivity index is 1.99. The molecule has 0 amide bonds. The Hall–Kier alpha value is -0.860. The van der Waals surface area contributed by atoms with Crippen molar-refractivity contribution in [2.45, 2.75) is 58.6 Å². The van der Waals surface area contributed by atoms with E-state index in [1.807, 2.05) is 0 Å². The predicted molar refractivity (Wildman–Crippen MR) is 75.9 cm³/mol. The lowest BCUT2D eigenvalue weighted by Gasteiger charge is -2.19. The van der Waals surface area contributed by atoms with Crippen molar-refractivity contribution < 1.29 is 4.74 Å². The first-order valence-electron chi connectivity index (χ1n) is 7.00. The third-order valence-corrected chi connectivity index (χ3v) is 3.90. The van der Waals surface area contributed by atoms with Crippen LogP contribution in [0.2, 0.25) is 0 Å². The highest BCUT2D eigenvalue weighted by Gasteiger charge is 2.19. The maximum absolute atomic E-state index is 6.28. The molecule has 0 radical (unpaired) electrons. The molecule has 0 spiro atoms. The number of nitrogens with two attached hydrogens (primary N) is 1. The van der Waals surface area contributed by atoms with E-state index in [2.05, 4.69) is 32.9 Å². The smallest absolute Gasteiger partial charge is 0.0590 e. The first-order valence-corrected chi connectivity index (χ1v) is 7.00. The Kier molecular flexibility index (Phi) is 4.41. The van der Waals surface area contributed by atoms with E-state index in [9.17, 15) is 0 Å². The summed E-state index contributed by atoms with van der Waals surface area (Å²) < 4.78 is 5.66. The van der Waals surface area contributed by atoms with Crippen LogP contribution in [0.5, 0.6) is 0 Å². The molecule has 0 aromatic heterocycles. The van der Waals surface area contributed by atoms with Gasteiger partial charge in [0.2, 0.25) is 0 Å². The Morgan fingerprint density at radius 3 is 2.50 bits per heavy atom. The molecule has 1 saturated heterocycles. The van der Waals surface area contributed by atoms with Crippen LogP contribution in [0.3, 0.4) is 0 Å². The number of rotatable bonds is 4. The molecule has 1 aromatic rings. The molecule has 0 saturated carbocycles. The van der Waals surface area contributed by atoms with Gasteiger partial charge in [-0.05, 0) is 63.1 Å². The fourth-order valence-corrected chi connectivity index (χ4v) is 3.05. The van der Waals surface area contributed by atoms with Crippen molar-refractivity contribution in [2.24, 2.45) is 5.73 Å². The van der Waals surface area contributed by atoms with Crippen molar-refractivity contribution in [3.05, 3.63) is 34.4 Å². The summed E-state index contributed by atoms with van der Waals surface area (Å²) in [5.41, 5.74) is 11.8. The van der Waals surface area contributed by atoms with Crippen molar-refractivity contribution in [1.82, 2.24) is 0 Å². The van der Waals surface area contributed by atoms with Gasteiger partial charge in [-0.3, -0.25) is 0 Å². The second kappa shape index (κ2) is 5.85. The summed E-state index contributed by atoms with van der Waals surface area (Å²) in [4.78, 5) is 0. The quantitative estimate of drug-likeness (QED) is 0.887. The Labute approximate surface area is 111 Å². The molecule has 0 aliphatic carbocycles. The standard InChI is InChI=1S/C16H25NO/c1-11-7-12(2)16(13(3)8-11)10-14(17)9-15-5-4-6-18-15/h7-8,14-15H,4-6,9-10,17H2,1-3H3. The SMILES string of the molecule is Cc1cc(C)c(CC(N)CC2CCCO2)c(C)c1. The summed E-state index contributed by atoms with van der Waals surface area (Å²) in [6.45, 7) is 7.44. The van der Waals surface area contributed by atoms with Crippen LogP contribution >= 0.6 is 0 Å². The summed E-state index contributed by atoms with van der Waals surface area (Å²) in [6, 6.07) is 4.72. The summed E-state index contributed by atoms with van der Waals surface area (Å²) in [5, 5.41) is 0.